The maximum Gasteiger partial charge on any atom is 0.194 e. The molecule has 10 aromatic carbocycles. The molecule has 0 amide bonds. The van der Waals surface area contributed by atoms with E-state index in [1.54, 1.807) is 90.1 Å². The van der Waals surface area contributed by atoms with Gasteiger partial charge in [-0.15, -0.1) is 0 Å². The molecule has 0 spiro atoms. The first-order valence-corrected chi connectivity index (χ1v) is 43.5. The third-order valence-corrected chi connectivity index (χ3v) is 25.9. The number of halogens is 9. The number of H-pyrrole nitrogens is 2. The Balaban J connectivity index is 0.000000116. The molecule has 126 heavy (non-hydrogen) atoms. The number of rotatable bonds is 9. The number of hydrogen-bond acceptors (Lipinski definition) is 13. The maximum atomic E-state index is 15.2. The molecule has 0 unspecified atom stereocenters. The average Bonchev–Trinajstić information content (AvgIpc) is 0.836. The van der Waals surface area contributed by atoms with Crippen LogP contribution in [-0.4, -0.2) is 151 Å². The standard InChI is InChI=1S/C23H27N3O.C22H25N3O.C20H19F3N2.C19H18F3N3.C18H15F3N2/c1-16-9-10-17(2)22-21(16)23(27)20(18(3)24-22)15-25-11-13-26(14-12-25)19-7-5-4-6-8-19;1-16-7-6-10-19-21(16)23-17(2)20(22(19)26)15-24-11-13-25(14-12-24)18-8-4-3-5-9-18;1-11-6-7-14-13(10-11)12(2)15-16(21)17(22)20(18(23)19(15)24-14)25-8-4-3-5-9-25;1-11-12-5-3-4-6-13(12)23-18-14(11)15(20)16(21)19(17(18)22)25-9-7-24(2)8-10-25;1-10-11-6-2-3-7-12(11)22-17-13(10)14(19)15(20)18(16(17)21)23-8-4-5-9-23/h4-10H,11-15H2,1-3H3,(H,24,27);3-10H,11-15H2,1-2H3,(H,23,26);6-7,10H,3-5,8-9H2,1-2H3;3-6H,7-10H2,1-2H3;2-3,6-7H,4-5,8-9H2,1H3. The predicted molar refractivity (Wildman–Crippen MR) is 494 cm³/mol. The summed E-state index contributed by atoms with van der Waals surface area (Å²) < 4.78 is 134. The van der Waals surface area contributed by atoms with Crippen molar-refractivity contribution >= 4 is 116 Å². The number of nitrogens with one attached hydrogen (secondary N) is 2. The fraction of sp³-hybridized carbons (Fsp3) is 0.324. The molecule has 15 aromatic rings. The van der Waals surface area contributed by atoms with Crippen molar-refractivity contribution in [2.45, 2.75) is 108 Å². The Labute approximate surface area is 726 Å². The van der Waals surface area contributed by atoms with Gasteiger partial charge in [0, 0.05) is 195 Å². The Morgan fingerprint density at radius 3 is 1.13 bits per heavy atom. The lowest BCUT2D eigenvalue weighted by Crippen LogP contribution is -2.46. The van der Waals surface area contributed by atoms with E-state index in [1.807, 2.05) is 78.1 Å². The van der Waals surface area contributed by atoms with Crippen molar-refractivity contribution in [3.8, 4) is 0 Å². The second-order valence-corrected chi connectivity index (χ2v) is 34.1. The molecular weight excluding hydrogens is 1610 g/mol. The minimum Gasteiger partial charge on any atom is -0.369 e. The van der Waals surface area contributed by atoms with Gasteiger partial charge in [0.15, 0.2) is 63.2 Å². The topological polar surface area (TPSA) is 130 Å². The van der Waals surface area contributed by atoms with Gasteiger partial charge in [-0.3, -0.25) is 19.4 Å². The van der Waals surface area contributed by atoms with Gasteiger partial charge in [0.05, 0.1) is 27.6 Å². The highest BCUT2D eigenvalue weighted by molar-refractivity contribution is 6.02. The fourth-order valence-corrected chi connectivity index (χ4v) is 18.7. The molecule has 5 fully saturated rings. The summed E-state index contributed by atoms with van der Waals surface area (Å²) in [5, 5.41) is 3.55. The number of likely N-dealkylation sites (N-methyl/N-ethyl adjacent to an activating group) is 1. The van der Waals surface area contributed by atoms with E-state index in [0.717, 1.165) is 156 Å². The van der Waals surface area contributed by atoms with E-state index in [0.29, 0.717) is 109 Å². The zero-order valence-corrected chi connectivity index (χ0v) is 72.9. The van der Waals surface area contributed by atoms with Crippen LogP contribution in [0.2, 0.25) is 0 Å². The van der Waals surface area contributed by atoms with Crippen LogP contribution in [0.15, 0.2) is 167 Å². The highest BCUT2D eigenvalue weighted by Gasteiger charge is 2.34. The minimum absolute atomic E-state index is 0.0612. The molecule has 0 radical (unpaired) electrons. The number of para-hydroxylation sites is 5. The zero-order chi connectivity index (χ0) is 88.6. The number of nitrogens with zero attached hydrogens (tertiary/aromatic N) is 11. The molecule has 2 N–H and O–H groups in total. The summed E-state index contributed by atoms with van der Waals surface area (Å²) in [5.74, 6) is -8.72. The van der Waals surface area contributed by atoms with E-state index in [2.05, 4.69) is 123 Å². The van der Waals surface area contributed by atoms with Crippen LogP contribution in [0.25, 0.3) is 87.2 Å². The molecule has 652 valence electrons. The van der Waals surface area contributed by atoms with Crippen LogP contribution in [0, 0.1) is 115 Å². The van der Waals surface area contributed by atoms with Crippen LogP contribution < -0.4 is 35.4 Å². The molecule has 0 saturated carbocycles. The maximum absolute atomic E-state index is 15.2. The molecule has 5 aromatic heterocycles. The van der Waals surface area contributed by atoms with Gasteiger partial charge in [0.25, 0.3) is 0 Å². The van der Waals surface area contributed by atoms with Crippen LogP contribution in [-0.2, 0) is 13.1 Å². The molecule has 20 rings (SSSR count). The quantitative estimate of drug-likeness (QED) is 0.0809. The number of pyridine rings is 5. The SMILES string of the molecule is Cc1[nH]c2c(C)ccc(C)c2c(=O)c1CN1CCN(c2ccccc2)CC1.Cc1[nH]c2c(C)cccc2c(=O)c1CN1CCN(c2ccccc2)CC1.Cc1c2ccccc2nc2c(F)c(N3CCCC3)c(F)c(F)c12.Cc1c2ccccc2nc2c(F)c(N3CCN(C)CC3)c(F)c(F)c12.Cc1ccc2nc3c(F)c(N4CCCCC4)c(F)c(F)c3c(C)c2c1. The summed E-state index contributed by atoms with van der Waals surface area (Å²) in [6.07, 6.45) is 4.42. The molecule has 5 aliphatic rings. The van der Waals surface area contributed by atoms with Gasteiger partial charge in [0.2, 0.25) is 0 Å². The smallest absolute Gasteiger partial charge is 0.194 e. The summed E-state index contributed by atoms with van der Waals surface area (Å²) >= 11 is 0. The number of hydrogen-bond donors (Lipinski definition) is 2. The Hall–Kier alpha value is -12.1. The van der Waals surface area contributed by atoms with Gasteiger partial charge in [0.1, 0.15) is 33.6 Å². The molecule has 0 atom stereocenters. The van der Waals surface area contributed by atoms with Gasteiger partial charge in [-0.2, -0.15) is 0 Å². The van der Waals surface area contributed by atoms with Crippen molar-refractivity contribution in [1.29, 1.82) is 0 Å². The largest absolute Gasteiger partial charge is 0.369 e. The van der Waals surface area contributed by atoms with Crippen molar-refractivity contribution in [2.75, 3.05) is 136 Å². The highest BCUT2D eigenvalue weighted by Crippen LogP contribution is 2.42. The number of fused-ring (bicyclic) bond motifs is 8. The van der Waals surface area contributed by atoms with Crippen LogP contribution in [0.1, 0.15) is 93.6 Å². The number of benzene rings is 10. The van der Waals surface area contributed by atoms with Crippen molar-refractivity contribution < 1.29 is 39.5 Å². The number of anilines is 5. The van der Waals surface area contributed by atoms with Crippen molar-refractivity contribution in [3.05, 3.63) is 292 Å². The molecular formula is C102H104F9N13O2. The number of piperidine rings is 1. The lowest BCUT2D eigenvalue weighted by Gasteiger charge is -2.36. The average molecular weight is 1720 g/mol. The lowest BCUT2D eigenvalue weighted by atomic mass is 10.00. The van der Waals surface area contributed by atoms with E-state index in [4.69, 9.17) is 0 Å². The third-order valence-electron chi connectivity index (χ3n) is 25.9. The van der Waals surface area contributed by atoms with E-state index < -0.39 is 52.4 Å². The number of piperazine rings is 3. The normalized spacial score (nSPS) is 15.5. The molecule has 0 bridgehead atoms. The summed E-state index contributed by atoms with van der Waals surface area (Å²) in [6.45, 7) is 30.8. The first kappa shape index (κ1) is 87.4. The highest BCUT2D eigenvalue weighted by atomic mass is 19.2. The zero-order valence-electron chi connectivity index (χ0n) is 72.9. The predicted octanol–water partition coefficient (Wildman–Crippen LogP) is 21.2. The summed E-state index contributed by atoms with van der Waals surface area (Å²) in [5.41, 5.74) is 15.0. The van der Waals surface area contributed by atoms with Crippen LogP contribution in [0.3, 0.4) is 0 Å². The Bertz CT molecular complexity index is 6780. The van der Waals surface area contributed by atoms with Gasteiger partial charge in [-0.05, 0) is 189 Å². The lowest BCUT2D eigenvalue weighted by molar-refractivity contribution is 0.248. The molecule has 15 nitrogen and oxygen atoms in total. The van der Waals surface area contributed by atoms with Crippen molar-refractivity contribution in [1.82, 2.24) is 39.6 Å². The second-order valence-electron chi connectivity index (χ2n) is 34.1. The van der Waals surface area contributed by atoms with Crippen molar-refractivity contribution in [3.63, 3.8) is 0 Å². The molecule has 5 aliphatic heterocycles. The summed E-state index contributed by atoms with van der Waals surface area (Å²) in [7, 11) is 1.95. The number of aryl methyl sites for hydroxylation is 9. The Kier molecular flexibility index (Phi) is 25.8. The summed E-state index contributed by atoms with van der Waals surface area (Å²) in [6, 6.07) is 50.9. The summed E-state index contributed by atoms with van der Waals surface area (Å²) in [4.78, 5) is 62.5. The van der Waals surface area contributed by atoms with E-state index in [1.165, 1.54) is 11.4 Å². The minimum atomic E-state index is -1.13. The number of aromatic amines is 2. The Morgan fingerprint density at radius 2 is 0.675 bits per heavy atom. The van der Waals surface area contributed by atoms with Crippen LogP contribution in [0.4, 0.5) is 68.0 Å². The second kappa shape index (κ2) is 37.2. The van der Waals surface area contributed by atoms with Crippen molar-refractivity contribution in [2.24, 2.45) is 0 Å². The van der Waals surface area contributed by atoms with Gasteiger partial charge >= 0.3 is 0 Å². The third kappa shape index (κ3) is 17.2. The first-order chi connectivity index (χ1) is 60.7. The Morgan fingerprint density at radius 1 is 0.310 bits per heavy atom. The van der Waals surface area contributed by atoms with E-state index in [9.17, 15) is 40.3 Å². The molecule has 10 heterocycles. The molecule has 0 aliphatic carbocycles. The number of aromatic nitrogens is 5. The fourth-order valence-electron chi connectivity index (χ4n) is 18.7. The van der Waals surface area contributed by atoms with Crippen LogP contribution >= 0.6 is 0 Å². The first-order valence-electron chi connectivity index (χ1n) is 43.5. The van der Waals surface area contributed by atoms with Gasteiger partial charge in [-0.1, -0.05) is 109 Å². The molecule has 5 saturated heterocycles. The van der Waals surface area contributed by atoms with Crippen LogP contribution in [0.5, 0.6) is 0 Å². The van der Waals surface area contributed by atoms with E-state index >= 15 is 8.78 Å². The molecule has 24 heteroatoms. The van der Waals surface area contributed by atoms with Gasteiger partial charge < -0.3 is 39.4 Å². The van der Waals surface area contributed by atoms with Gasteiger partial charge in [-0.25, -0.2) is 54.5 Å². The monoisotopic (exact) mass is 1710 g/mol. The van der Waals surface area contributed by atoms with E-state index in [-0.39, 0.29) is 60.6 Å².